The first-order valence-corrected chi connectivity index (χ1v) is 9.39. The Bertz CT molecular complexity index is 830. The summed E-state index contributed by atoms with van der Waals surface area (Å²) in [5.41, 5.74) is 2.39. The van der Waals surface area contributed by atoms with Crippen LogP contribution in [-0.4, -0.2) is 48.8 Å². The molecule has 5 heteroatoms. The highest BCUT2D eigenvalue weighted by Crippen LogP contribution is 2.26. The summed E-state index contributed by atoms with van der Waals surface area (Å²) in [6.07, 6.45) is 7.74. The minimum atomic E-state index is 0.0915. The second kappa shape index (κ2) is 8.71. The van der Waals surface area contributed by atoms with Crippen molar-refractivity contribution in [3.05, 3.63) is 53.6 Å². The van der Waals surface area contributed by atoms with Crippen LogP contribution in [-0.2, 0) is 0 Å². The number of rotatable bonds is 5. The molecule has 5 nitrogen and oxygen atoms in total. The average molecular weight is 365 g/mol. The second-order valence-electron chi connectivity index (χ2n) is 7.17. The van der Waals surface area contributed by atoms with Crippen LogP contribution < -0.4 is 4.90 Å². The van der Waals surface area contributed by atoms with Gasteiger partial charge in [-0.15, -0.1) is 0 Å². The molecule has 2 aromatic carbocycles. The fourth-order valence-corrected chi connectivity index (χ4v) is 3.31. The van der Waals surface area contributed by atoms with Crippen molar-refractivity contribution in [1.29, 1.82) is 0 Å². The van der Waals surface area contributed by atoms with Gasteiger partial charge in [0.25, 0.3) is 0 Å². The maximum atomic E-state index is 10.2. The number of anilines is 1. The van der Waals surface area contributed by atoms with Gasteiger partial charge in [0.1, 0.15) is 11.5 Å². The normalized spacial score (nSPS) is 20.4. The van der Waals surface area contributed by atoms with Crippen molar-refractivity contribution in [2.75, 3.05) is 19.0 Å². The van der Waals surface area contributed by atoms with Crippen LogP contribution in [0, 0.1) is 0 Å². The van der Waals surface area contributed by atoms with E-state index in [1.807, 2.05) is 43.3 Å². The molecule has 0 amide bonds. The predicted octanol–water partition coefficient (Wildman–Crippen LogP) is 4.01. The van der Waals surface area contributed by atoms with Crippen LogP contribution in [0.4, 0.5) is 5.69 Å². The Hall–Kier alpha value is -2.82. The molecule has 2 N–H and O–H groups in total. The van der Waals surface area contributed by atoms with Gasteiger partial charge in [0.2, 0.25) is 0 Å². The summed E-state index contributed by atoms with van der Waals surface area (Å²) < 4.78 is 0. The number of para-hydroxylation sites is 1. The summed E-state index contributed by atoms with van der Waals surface area (Å²) in [5, 5.41) is 20.1. The highest BCUT2D eigenvalue weighted by molar-refractivity contribution is 5.85. The number of phenols is 2. The maximum Gasteiger partial charge on any atom is 0.126 e. The molecule has 1 saturated carbocycles. The zero-order valence-electron chi connectivity index (χ0n) is 15.9. The molecule has 0 saturated heterocycles. The third kappa shape index (κ3) is 4.88. The number of benzene rings is 2. The summed E-state index contributed by atoms with van der Waals surface area (Å²) >= 11 is 0. The zero-order chi connectivity index (χ0) is 19.2. The van der Waals surface area contributed by atoms with E-state index in [0.717, 1.165) is 42.5 Å². The number of phenolic OH excluding ortho intramolecular Hbond substituents is 2. The van der Waals surface area contributed by atoms with E-state index in [2.05, 4.69) is 0 Å². The van der Waals surface area contributed by atoms with Gasteiger partial charge in [-0.1, -0.05) is 25.0 Å². The molecule has 0 bridgehead atoms. The third-order valence-electron chi connectivity index (χ3n) is 4.97. The smallest absolute Gasteiger partial charge is 0.126 e. The summed E-state index contributed by atoms with van der Waals surface area (Å²) in [6, 6.07) is 13.0. The predicted molar refractivity (Wildman–Crippen MR) is 112 cm³/mol. The first kappa shape index (κ1) is 19.0. The molecule has 0 unspecified atom stereocenters. The van der Waals surface area contributed by atoms with Gasteiger partial charge in [0.15, 0.2) is 0 Å². The lowest BCUT2D eigenvalue weighted by Gasteiger charge is -2.25. The Morgan fingerprint density at radius 3 is 2.00 bits per heavy atom. The number of nitrogens with zero attached hydrogens (tertiary/aromatic N) is 3. The molecule has 0 spiro atoms. The number of hydrogen-bond acceptors (Lipinski definition) is 5. The fraction of sp³-hybridized carbons (Fsp3) is 0.364. The van der Waals surface area contributed by atoms with Crippen molar-refractivity contribution in [3.8, 4) is 11.5 Å². The van der Waals surface area contributed by atoms with Gasteiger partial charge in [-0.05, 0) is 37.1 Å². The first-order valence-electron chi connectivity index (χ1n) is 9.39. The number of aromatic hydroxyl groups is 2. The lowest BCUT2D eigenvalue weighted by Crippen LogP contribution is -2.27. The highest BCUT2D eigenvalue weighted by Gasteiger charge is 2.23. The van der Waals surface area contributed by atoms with Gasteiger partial charge < -0.3 is 15.1 Å². The van der Waals surface area contributed by atoms with Crippen LogP contribution >= 0.6 is 0 Å². The molecule has 0 aliphatic heterocycles. The molecule has 2 atom stereocenters. The average Bonchev–Trinajstić information content (AvgIpc) is 2.67. The van der Waals surface area contributed by atoms with Crippen LogP contribution in [0.25, 0.3) is 0 Å². The molecule has 27 heavy (non-hydrogen) atoms. The number of hydrogen-bond donors (Lipinski definition) is 2. The largest absolute Gasteiger partial charge is 0.507 e. The van der Waals surface area contributed by atoms with Crippen LogP contribution in [0.2, 0.25) is 0 Å². The van der Waals surface area contributed by atoms with E-state index in [-0.39, 0.29) is 23.6 Å². The summed E-state index contributed by atoms with van der Waals surface area (Å²) in [4.78, 5) is 11.4. The lowest BCUT2D eigenvalue weighted by atomic mass is 9.91. The molecule has 2 aromatic rings. The number of aliphatic imine (C=N–C) groups is 2. The highest BCUT2D eigenvalue weighted by atomic mass is 16.3. The van der Waals surface area contributed by atoms with E-state index >= 15 is 0 Å². The Morgan fingerprint density at radius 1 is 0.852 bits per heavy atom. The fourth-order valence-electron chi connectivity index (χ4n) is 3.31. The zero-order valence-corrected chi connectivity index (χ0v) is 15.9. The Kier molecular flexibility index (Phi) is 6.12. The van der Waals surface area contributed by atoms with Crippen molar-refractivity contribution >= 4 is 18.1 Å². The van der Waals surface area contributed by atoms with Gasteiger partial charge in [-0.2, -0.15) is 0 Å². The molecule has 0 aromatic heterocycles. The van der Waals surface area contributed by atoms with Gasteiger partial charge in [-0.25, -0.2) is 0 Å². The van der Waals surface area contributed by atoms with Crippen molar-refractivity contribution in [2.24, 2.45) is 9.98 Å². The molecule has 1 aliphatic rings. The van der Waals surface area contributed by atoms with E-state index in [4.69, 9.17) is 9.98 Å². The summed E-state index contributed by atoms with van der Waals surface area (Å²) in [5.74, 6) is 0.470. The lowest BCUT2D eigenvalue weighted by molar-refractivity contribution is 0.390. The van der Waals surface area contributed by atoms with E-state index in [1.165, 1.54) is 0 Å². The molecule has 1 fully saturated rings. The molecule has 3 rings (SSSR count). The molecule has 0 radical (unpaired) electrons. The Labute approximate surface area is 160 Å². The molecule has 0 heterocycles. The van der Waals surface area contributed by atoms with E-state index in [0.29, 0.717) is 0 Å². The SMILES string of the molecule is CN(C)c1ccc(C=N[C@@H]2CCCC[C@H]2N=Cc2ccccc2O)c(O)c1. The van der Waals surface area contributed by atoms with Crippen molar-refractivity contribution in [2.45, 2.75) is 37.8 Å². The van der Waals surface area contributed by atoms with E-state index in [9.17, 15) is 10.2 Å². The van der Waals surface area contributed by atoms with E-state index < -0.39 is 0 Å². The van der Waals surface area contributed by atoms with Crippen molar-refractivity contribution < 1.29 is 10.2 Å². The van der Waals surface area contributed by atoms with Crippen molar-refractivity contribution in [1.82, 2.24) is 0 Å². The Morgan fingerprint density at radius 2 is 1.44 bits per heavy atom. The van der Waals surface area contributed by atoms with Crippen LogP contribution in [0.1, 0.15) is 36.8 Å². The summed E-state index contributed by atoms with van der Waals surface area (Å²) in [6.45, 7) is 0. The van der Waals surface area contributed by atoms with Crippen LogP contribution in [0.3, 0.4) is 0 Å². The second-order valence-corrected chi connectivity index (χ2v) is 7.17. The topological polar surface area (TPSA) is 68.4 Å². The standard InChI is InChI=1S/C22H27N3O2/c1-25(2)18-12-11-17(22(27)13-18)15-24-20-9-5-4-8-19(20)23-14-16-7-3-6-10-21(16)26/h3,6-7,10-15,19-20,26-27H,4-5,8-9H2,1-2H3/t19-,20-/m1/s1. The molecular weight excluding hydrogens is 338 g/mol. The van der Waals surface area contributed by atoms with Gasteiger partial charge >= 0.3 is 0 Å². The first-order chi connectivity index (χ1) is 13.0. The van der Waals surface area contributed by atoms with E-state index in [1.54, 1.807) is 30.6 Å². The van der Waals surface area contributed by atoms with Gasteiger partial charge in [0.05, 0.1) is 12.1 Å². The van der Waals surface area contributed by atoms with Crippen molar-refractivity contribution in [3.63, 3.8) is 0 Å². The Balaban J connectivity index is 1.74. The van der Waals surface area contributed by atoms with Crippen LogP contribution in [0.5, 0.6) is 11.5 Å². The van der Waals surface area contributed by atoms with Crippen LogP contribution in [0.15, 0.2) is 52.4 Å². The molecular formula is C22H27N3O2. The third-order valence-corrected chi connectivity index (χ3v) is 4.97. The monoisotopic (exact) mass is 365 g/mol. The van der Waals surface area contributed by atoms with Gasteiger partial charge in [-0.3, -0.25) is 9.98 Å². The molecule has 1 aliphatic carbocycles. The summed E-state index contributed by atoms with van der Waals surface area (Å²) in [7, 11) is 3.88. The van der Waals surface area contributed by atoms with Gasteiger partial charge in [0, 0.05) is 49.4 Å². The minimum Gasteiger partial charge on any atom is -0.507 e. The molecule has 142 valence electrons. The minimum absolute atomic E-state index is 0.0915. The maximum absolute atomic E-state index is 10.2. The quantitative estimate of drug-likeness (QED) is 0.787.